The molecule has 9 heteroatoms. The molecule has 0 saturated carbocycles. The number of nitrogens with zero attached hydrogens (tertiary/aromatic N) is 2. The number of nitrogens with one attached hydrogen (secondary N) is 2. The van der Waals surface area contributed by atoms with E-state index in [9.17, 15) is 18.0 Å². The Bertz CT molecular complexity index is 1050. The molecule has 144 valence electrons. The molecule has 0 saturated heterocycles. The van der Waals surface area contributed by atoms with Gasteiger partial charge in [-0.15, -0.1) is 5.10 Å². The molecule has 2 N–H and O–H groups in total. The van der Waals surface area contributed by atoms with Crippen LogP contribution < -0.4 is 5.32 Å². The fourth-order valence-electron chi connectivity index (χ4n) is 3.33. The molecule has 0 spiro atoms. The number of carbonyl (C=O) groups is 1. The van der Waals surface area contributed by atoms with Crippen LogP contribution in [-0.4, -0.2) is 27.7 Å². The van der Waals surface area contributed by atoms with Gasteiger partial charge in [0, 0.05) is 24.1 Å². The first-order valence-electron chi connectivity index (χ1n) is 8.50. The van der Waals surface area contributed by atoms with Gasteiger partial charge < -0.3 is 5.32 Å². The van der Waals surface area contributed by atoms with E-state index >= 15 is 0 Å². The van der Waals surface area contributed by atoms with E-state index in [0.717, 1.165) is 29.4 Å². The molecule has 1 aliphatic heterocycles. The first-order chi connectivity index (χ1) is 13.4. The molecule has 3 aromatic rings. The van der Waals surface area contributed by atoms with Crippen molar-refractivity contribution < 1.29 is 18.0 Å². The maximum Gasteiger partial charge on any atom is 0.417 e. The van der Waals surface area contributed by atoms with Crippen LogP contribution in [0.3, 0.4) is 0 Å². The zero-order chi connectivity index (χ0) is 19.9. The number of alkyl halides is 3. The van der Waals surface area contributed by atoms with Gasteiger partial charge in [0.2, 0.25) is 0 Å². The summed E-state index contributed by atoms with van der Waals surface area (Å²) in [6, 6.07) is 9.76. The molecule has 1 atom stereocenters. The number of carbonyl (C=O) groups excluding carboxylic acids is 1. The molecule has 0 aliphatic carbocycles. The highest BCUT2D eigenvalue weighted by Crippen LogP contribution is 2.37. The third-order valence-corrected chi connectivity index (χ3v) is 5.09. The third-order valence-electron chi connectivity index (χ3n) is 4.68. The second-order valence-corrected chi connectivity index (χ2v) is 6.81. The lowest BCUT2D eigenvalue weighted by molar-refractivity contribution is -0.137. The van der Waals surface area contributed by atoms with Crippen LogP contribution in [0, 0.1) is 0 Å². The number of hydrogen-bond acceptors (Lipinski definition) is 4. The van der Waals surface area contributed by atoms with Crippen LogP contribution in [-0.2, 0) is 12.6 Å². The van der Waals surface area contributed by atoms with Gasteiger partial charge >= 0.3 is 6.18 Å². The molecule has 0 bridgehead atoms. The van der Waals surface area contributed by atoms with Crippen LogP contribution in [0.5, 0.6) is 0 Å². The Kier molecular flexibility index (Phi) is 4.68. The maximum absolute atomic E-state index is 13.1. The standard InChI is InChI=1S/C19H14ClF3N4O/c20-15-12(5-2-6-13(15)19(21,22)23)18(28)11-4-1-3-10(9-11)16-17-14(7-8-24-16)25-27-26-17/h1-6,9,16,24H,7-8H2,(H,25,26,27). The van der Waals surface area contributed by atoms with Crippen LogP contribution >= 0.6 is 11.6 Å². The smallest absolute Gasteiger partial charge is 0.304 e. The van der Waals surface area contributed by atoms with Gasteiger partial charge in [0.05, 0.1) is 22.3 Å². The van der Waals surface area contributed by atoms with Crippen LogP contribution in [0.4, 0.5) is 13.2 Å². The average Bonchev–Trinajstić information content (AvgIpc) is 3.15. The van der Waals surface area contributed by atoms with Gasteiger partial charge in [-0.25, -0.2) is 0 Å². The van der Waals surface area contributed by atoms with Crippen molar-refractivity contribution in [2.45, 2.75) is 18.6 Å². The topological polar surface area (TPSA) is 70.7 Å². The Morgan fingerprint density at radius 3 is 2.75 bits per heavy atom. The van der Waals surface area contributed by atoms with Crippen molar-refractivity contribution in [3.63, 3.8) is 0 Å². The summed E-state index contributed by atoms with van der Waals surface area (Å²) in [4.78, 5) is 12.9. The number of halogens is 4. The summed E-state index contributed by atoms with van der Waals surface area (Å²) in [5.41, 5.74) is 1.46. The minimum atomic E-state index is -4.63. The summed E-state index contributed by atoms with van der Waals surface area (Å²) in [5, 5.41) is 13.5. The van der Waals surface area contributed by atoms with E-state index in [-0.39, 0.29) is 17.2 Å². The van der Waals surface area contributed by atoms with Crippen LogP contribution in [0.15, 0.2) is 42.5 Å². The Morgan fingerprint density at radius 2 is 1.96 bits per heavy atom. The Hall–Kier alpha value is -2.71. The first-order valence-corrected chi connectivity index (χ1v) is 8.87. The number of H-pyrrole nitrogens is 1. The zero-order valence-electron chi connectivity index (χ0n) is 14.3. The molecule has 1 aromatic heterocycles. The van der Waals surface area contributed by atoms with Crippen molar-refractivity contribution in [1.29, 1.82) is 0 Å². The summed E-state index contributed by atoms with van der Waals surface area (Å²) < 4.78 is 39.3. The lowest BCUT2D eigenvalue weighted by atomic mass is 9.94. The fourth-order valence-corrected chi connectivity index (χ4v) is 3.65. The fraction of sp³-hybridized carbons (Fsp3) is 0.211. The van der Waals surface area contributed by atoms with Crippen LogP contribution in [0.1, 0.15) is 44.5 Å². The van der Waals surface area contributed by atoms with E-state index in [1.807, 2.05) is 6.07 Å². The SMILES string of the molecule is O=C(c1cccc(C2NCCc3[nH]nnc32)c1)c1cccc(C(F)(F)F)c1Cl. The molecular formula is C19H14ClF3N4O. The number of aromatic nitrogens is 3. The summed E-state index contributed by atoms with van der Waals surface area (Å²) >= 11 is 5.90. The van der Waals surface area contributed by atoms with Gasteiger partial charge in [-0.1, -0.05) is 41.1 Å². The minimum Gasteiger partial charge on any atom is -0.304 e. The highest BCUT2D eigenvalue weighted by atomic mass is 35.5. The van der Waals surface area contributed by atoms with Crippen molar-refractivity contribution >= 4 is 17.4 Å². The molecule has 4 rings (SSSR count). The van der Waals surface area contributed by atoms with Gasteiger partial charge in [0.1, 0.15) is 5.69 Å². The predicted molar refractivity (Wildman–Crippen MR) is 96.3 cm³/mol. The van der Waals surface area contributed by atoms with E-state index < -0.39 is 22.5 Å². The van der Waals surface area contributed by atoms with Gasteiger partial charge in [-0.3, -0.25) is 9.89 Å². The molecule has 1 aliphatic rings. The predicted octanol–water partition coefficient (Wildman–Crippen LogP) is 3.94. The number of benzene rings is 2. The van der Waals surface area contributed by atoms with E-state index in [0.29, 0.717) is 6.54 Å². The number of rotatable bonds is 3. The zero-order valence-corrected chi connectivity index (χ0v) is 15.1. The van der Waals surface area contributed by atoms with Gasteiger partial charge in [0.15, 0.2) is 5.78 Å². The van der Waals surface area contributed by atoms with Crippen molar-refractivity contribution in [2.75, 3.05) is 6.54 Å². The van der Waals surface area contributed by atoms with E-state index in [2.05, 4.69) is 20.7 Å². The molecule has 2 heterocycles. The van der Waals surface area contributed by atoms with Crippen LogP contribution in [0.2, 0.25) is 5.02 Å². The average molecular weight is 407 g/mol. The van der Waals surface area contributed by atoms with Crippen LogP contribution in [0.25, 0.3) is 0 Å². The monoisotopic (exact) mass is 406 g/mol. The second-order valence-electron chi connectivity index (χ2n) is 6.43. The molecule has 2 aromatic carbocycles. The maximum atomic E-state index is 13.1. The summed E-state index contributed by atoms with van der Waals surface area (Å²) in [7, 11) is 0. The summed E-state index contributed by atoms with van der Waals surface area (Å²) in [6.07, 6.45) is -3.87. The van der Waals surface area contributed by atoms with Gasteiger partial charge in [-0.2, -0.15) is 13.2 Å². The number of ketones is 1. The molecule has 0 fully saturated rings. The summed E-state index contributed by atoms with van der Waals surface area (Å²) in [6.45, 7) is 0.708. The van der Waals surface area contributed by atoms with E-state index in [1.54, 1.807) is 18.2 Å². The highest BCUT2D eigenvalue weighted by Gasteiger charge is 2.35. The summed E-state index contributed by atoms with van der Waals surface area (Å²) in [5.74, 6) is -0.575. The van der Waals surface area contributed by atoms with Crippen molar-refractivity contribution in [3.8, 4) is 0 Å². The minimum absolute atomic E-state index is 0.188. The normalized spacial score (nSPS) is 16.6. The molecule has 0 amide bonds. The van der Waals surface area contributed by atoms with Gasteiger partial charge in [-0.05, 0) is 23.8 Å². The third kappa shape index (κ3) is 3.29. The lowest BCUT2D eigenvalue weighted by Crippen LogP contribution is -2.30. The van der Waals surface area contributed by atoms with Crippen molar-refractivity contribution in [1.82, 2.24) is 20.7 Å². The number of aromatic amines is 1. The molecule has 5 nitrogen and oxygen atoms in total. The van der Waals surface area contributed by atoms with E-state index in [4.69, 9.17) is 11.6 Å². The largest absolute Gasteiger partial charge is 0.417 e. The van der Waals surface area contributed by atoms with Crippen molar-refractivity contribution in [3.05, 3.63) is 81.1 Å². The molecular weight excluding hydrogens is 393 g/mol. The number of hydrogen-bond donors (Lipinski definition) is 2. The Morgan fingerprint density at radius 1 is 1.18 bits per heavy atom. The molecule has 0 radical (unpaired) electrons. The molecule has 1 unspecified atom stereocenters. The van der Waals surface area contributed by atoms with Gasteiger partial charge in [0.25, 0.3) is 0 Å². The Labute approximate surface area is 162 Å². The lowest BCUT2D eigenvalue weighted by Gasteiger charge is -2.23. The second kappa shape index (κ2) is 7.03. The number of fused-ring (bicyclic) bond motifs is 1. The quantitative estimate of drug-likeness (QED) is 0.646. The first kappa shape index (κ1) is 18.6. The Balaban J connectivity index is 1.71. The van der Waals surface area contributed by atoms with E-state index in [1.165, 1.54) is 12.1 Å². The van der Waals surface area contributed by atoms with Crippen molar-refractivity contribution in [2.24, 2.45) is 0 Å². The highest BCUT2D eigenvalue weighted by molar-refractivity contribution is 6.35. The molecule has 28 heavy (non-hydrogen) atoms.